The van der Waals surface area contributed by atoms with Crippen LogP contribution in [0, 0.1) is 0 Å². The molecule has 0 aromatic carbocycles. The summed E-state index contributed by atoms with van der Waals surface area (Å²) in [4.78, 5) is 0. The molecule has 0 saturated carbocycles. The van der Waals surface area contributed by atoms with E-state index in [9.17, 15) is 0 Å². The monoisotopic (exact) mass is 268 g/mol. The van der Waals surface area contributed by atoms with Gasteiger partial charge in [0, 0.05) is 11.1 Å². The number of hydrogen-bond donors (Lipinski definition) is 2. The minimum Gasteiger partial charge on any atom is -0.312 e. The van der Waals surface area contributed by atoms with E-state index < -0.39 is 0 Å². The van der Waals surface area contributed by atoms with E-state index in [0.717, 1.165) is 19.5 Å². The van der Waals surface area contributed by atoms with Gasteiger partial charge in [-0.05, 0) is 59.5 Å². The van der Waals surface area contributed by atoms with E-state index in [1.165, 1.54) is 31.3 Å². The van der Waals surface area contributed by atoms with Crippen LogP contribution in [0.3, 0.4) is 0 Å². The van der Waals surface area contributed by atoms with Crippen molar-refractivity contribution in [1.82, 2.24) is 10.6 Å². The van der Waals surface area contributed by atoms with Crippen LogP contribution in [0.4, 0.5) is 0 Å². The molecule has 2 atom stereocenters. The van der Waals surface area contributed by atoms with Crippen LogP contribution in [-0.2, 0) is 0 Å². The van der Waals surface area contributed by atoms with Crippen molar-refractivity contribution < 1.29 is 0 Å². The molecule has 0 bridgehead atoms. The third-order valence-electron chi connectivity index (χ3n) is 4.70. The molecule has 0 radical (unpaired) electrons. The van der Waals surface area contributed by atoms with Gasteiger partial charge in [-0.2, -0.15) is 0 Å². The van der Waals surface area contributed by atoms with Crippen LogP contribution >= 0.6 is 0 Å². The average molecular weight is 268 g/mol. The fourth-order valence-corrected chi connectivity index (χ4v) is 2.40. The van der Waals surface area contributed by atoms with Gasteiger partial charge in [-0.1, -0.05) is 39.3 Å². The Balaban J connectivity index is 3.95. The smallest absolute Gasteiger partial charge is 0.0357 e. The molecule has 0 aliphatic rings. The Morgan fingerprint density at radius 1 is 1.00 bits per heavy atom. The fourth-order valence-electron chi connectivity index (χ4n) is 2.40. The molecular formula is C17H36N2. The Hall–Kier alpha value is -0.340. The molecule has 2 nitrogen and oxygen atoms in total. The lowest BCUT2D eigenvalue weighted by Crippen LogP contribution is -2.43. The molecule has 2 unspecified atom stereocenters. The summed E-state index contributed by atoms with van der Waals surface area (Å²) in [5.41, 5.74) is 1.66. The molecule has 2 heteroatoms. The summed E-state index contributed by atoms with van der Waals surface area (Å²) in [5.74, 6) is 0. The molecule has 0 spiro atoms. The summed E-state index contributed by atoms with van der Waals surface area (Å²) in [5, 5.41) is 7.27. The first-order chi connectivity index (χ1) is 8.83. The molecule has 2 N–H and O–H groups in total. The highest BCUT2D eigenvalue weighted by Crippen LogP contribution is 2.20. The van der Waals surface area contributed by atoms with Crippen LogP contribution in [0.5, 0.6) is 0 Å². The van der Waals surface area contributed by atoms with Crippen molar-refractivity contribution in [3.8, 4) is 0 Å². The van der Waals surface area contributed by atoms with E-state index in [4.69, 9.17) is 0 Å². The normalized spacial score (nSPS) is 17.8. The zero-order valence-electron chi connectivity index (χ0n) is 14.2. The summed E-state index contributed by atoms with van der Waals surface area (Å²) in [6.07, 6.45) is 6.08. The second-order valence-corrected chi connectivity index (χ2v) is 6.29. The zero-order chi connectivity index (χ0) is 14.9. The highest BCUT2D eigenvalue weighted by molar-refractivity contribution is 5.11. The Labute approximate surface area is 121 Å². The van der Waals surface area contributed by atoms with Gasteiger partial charge in [0.2, 0.25) is 0 Å². The topological polar surface area (TPSA) is 24.1 Å². The van der Waals surface area contributed by atoms with Gasteiger partial charge in [0.25, 0.3) is 0 Å². The van der Waals surface area contributed by atoms with Crippen molar-refractivity contribution >= 4 is 0 Å². The van der Waals surface area contributed by atoms with Gasteiger partial charge in [0.05, 0.1) is 0 Å². The van der Waals surface area contributed by atoms with Crippen molar-refractivity contribution in [3.05, 3.63) is 12.2 Å². The van der Waals surface area contributed by atoms with Crippen LogP contribution in [0.25, 0.3) is 0 Å². The zero-order valence-corrected chi connectivity index (χ0v) is 14.2. The Bertz CT molecular complexity index is 262. The third kappa shape index (κ3) is 6.58. The van der Waals surface area contributed by atoms with Gasteiger partial charge in [0.15, 0.2) is 0 Å². The van der Waals surface area contributed by atoms with Crippen molar-refractivity contribution in [3.63, 3.8) is 0 Å². The fraction of sp³-hybridized carbons (Fsp3) is 0.882. The average Bonchev–Trinajstić information content (AvgIpc) is 2.38. The first-order valence-corrected chi connectivity index (χ1v) is 7.99. The SMILES string of the molecule is C=C(C)C(C)(CC)NCCCCC(C)(CC)NCC. The molecule has 0 aromatic rings. The van der Waals surface area contributed by atoms with Crippen molar-refractivity contribution in [2.24, 2.45) is 0 Å². The largest absolute Gasteiger partial charge is 0.312 e. The van der Waals surface area contributed by atoms with Gasteiger partial charge in [-0.25, -0.2) is 0 Å². The maximum atomic E-state index is 4.10. The quantitative estimate of drug-likeness (QED) is 0.432. The number of rotatable bonds is 11. The number of nitrogens with one attached hydrogen (secondary N) is 2. The van der Waals surface area contributed by atoms with E-state index in [2.05, 4.69) is 58.8 Å². The van der Waals surface area contributed by atoms with Crippen molar-refractivity contribution in [1.29, 1.82) is 0 Å². The van der Waals surface area contributed by atoms with Crippen LogP contribution in [-0.4, -0.2) is 24.2 Å². The van der Waals surface area contributed by atoms with Gasteiger partial charge in [0.1, 0.15) is 0 Å². The molecule has 0 aliphatic heterocycles. The summed E-state index contributed by atoms with van der Waals surface area (Å²) < 4.78 is 0. The third-order valence-corrected chi connectivity index (χ3v) is 4.70. The molecule has 19 heavy (non-hydrogen) atoms. The molecular weight excluding hydrogens is 232 g/mol. The predicted octanol–water partition coefficient (Wildman–Crippen LogP) is 4.27. The minimum absolute atomic E-state index is 0.107. The van der Waals surface area contributed by atoms with E-state index in [1.54, 1.807) is 0 Å². The minimum atomic E-state index is 0.107. The molecule has 0 rings (SSSR count). The number of unbranched alkanes of at least 4 members (excludes halogenated alkanes) is 1. The second kappa shape index (κ2) is 8.76. The summed E-state index contributed by atoms with van der Waals surface area (Å²) in [6, 6.07) is 0. The van der Waals surface area contributed by atoms with Gasteiger partial charge >= 0.3 is 0 Å². The van der Waals surface area contributed by atoms with Crippen LogP contribution in [0.1, 0.15) is 73.6 Å². The predicted molar refractivity (Wildman–Crippen MR) is 87.7 cm³/mol. The van der Waals surface area contributed by atoms with Gasteiger partial charge in [-0.3, -0.25) is 0 Å². The van der Waals surface area contributed by atoms with E-state index >= 15 is 0 Å². The summed E-state index contributed by atoms with van der Waals surface area (Å²) in [6.45, 7) is 19.7. The van der Waals surface area contributed by atoms with Crippen molar-refractivity contribution in [2.75, 3.05) is 13.1 Å². The number of hydrogen-bond acceptors (Lipinski definition) is 2. The lowest BCUT2D eigenvalue weighted by molar-refractivity contribution is 0.310. The molecule has 0 fully saturated rings. The Morgan fingerprint density at radius 3 is 2.05 bits per heavy atom. The van der Waals surface area contributed by atoms with E-state index in [-0.39, 0.29) is 5.54 Å². The lowest BCUT2D eigenvalue weighted by atomic mass is 9.90. The highest BCUT2D eigenvalue weighted by atomic mass is 15.0. The first-order valence-electron chi connectivity index (χ1n) is 7.99. The maximum absolute atomic E-state index is 4.10. The van der Waals surface area contributed by atoms with Crippen LogP contribution in [0.2, 0.25) is 0 Å². The molecule has 0 aliphatic carbocycles. The standard InChI is InChI=1S/C17H36N2/c1-8-16(6,18-10-3)13-11-12-14-19-17(7,9-2)15(4)5/h18-19H,4,8-14H2,1-3,5-7H3. The van der Waals surface area contributed by atoms with Gasteiger partial charge in [-0.15, -0.1) is 0 Å². The first kappa shape index (κ1) is 18.7. The lowest BCUT2D eigenvalue weighted by Gasteiger charge is -2.32. The highest BCUT2D eigenvalue weighted by Gasteiger charge is 2.22. The Morgan fingerprint density at radius 2 is 1.63 bits per heavy atom. The second-order valence-electron chi connectivity index (χ2n) is 6.29. The van der Waals surface area contributed by atoms with E-state index in [0.29, 0.717) is 5.54 Å². The van der Waals surface area contributed by atoms with Crippen molar-refractivity contribution in [2.45, 2.75) is 84.7 Å². The van der Waals surface area contributed by atoms with Gasteiger partial charge < -0.3 is 10.6 Å². The van der Waals surface area contributed by atoms with E-state index in [1.807, 2.05) is 0 Å². The Kier molecular flexibility index (Phi) is 8.60. The van der Waals surface area contributed by atoms with Crippen LogP contribution < -0.4 is 10.6 Å². The summed E-state index contributed by atoms with van der Waals surface area (Å²) in [7, 11) is 0. The summed E-state index contributed by atoms with van der Waals surface area (Å²) >= 11 is 0. The molecule has 0 saturated heterocycles. The molecule has 0 heterocycles. The molecule has 0 aromatic heterocycles. The molecule has 0 amide bonds. The van der Waals surface area contributed by atoms with Crippen LogP contribution in [0.15, 0.2) is 12.2 Å². The maximum Gasteiger partial charge on any atom is 0.0357 e. The molecule has 114 valence electrons.